The van der Waals surface area contributed by atoms with E-state index in [-0.39, 0.29) is 0 Å². The lowest BCUT2D eigenvalue weighted by atomic mass is 10.2. The highest BCUT2D eigenvalue weighted by molar-refractivity contribution is 5.65. The first-order valence-corrected chi connectivity index (χ1v) is 5.70. The Kier molecular flexibility index (Phi) is 2.89. The molecule has 3 heterocycles. The van der Waals surface area contributed by atoms with Gasteiger partial charge in [-0.1, -0.05) is 0 Å². The second kappa shape index (κ2) is 4.85. The molecule has 3 aromatic rings. The molecule has 3 aromatic heterocycles. The van der Waals surface area contributed by atoms with Gasteiger partial charge in [-0.05, 0) is 18.2 Å². The molecule has 3 rings (SSSR count). The number of rotatable bonds is 3. The third kappa shape index (κ3) is 2.15. The zero-order valence-electron chi connectivity index (χ0n) is 10.3. The third-order valence-electron chi connectivity index (χ3n) is 2.63. The molecule has 0 fully saturated rings. The number of pyridine rings is 1. The Morgan fingerprint density at radius 1 is 1.11 bits per heavy atom. The minimum atomic E-state index is 0.535. The summed E-state index contributed by atoms with van der Waals surface area (Å²) in [6, 6.07) is 7.42. The van der Waals surface area contributed by atoms with Crippen LogP contribution in [-0.2, 0) is 0 Å². The van der Waals surface area contributed by atoms with E-state index in [2.05, 4.69) is 20.1 Å². The minimum absolute atomic E-state index is 0.535. The molecule has 0 atom stereocenters. The van der Waals surface area contributed by atoms with Crippen LogP contribution in [0.5, 0.6) is 5.88 Å². The van der Waals surface area contributed by atoms with Gasteiger partial charge >= 0.3 is 0 Å². The lowest BCUT2D eigenvalue weighted by Crippen LogP contribution is -2.00. The topological polar surface area (TPSA) is 65.7 Å². The quantitative estimate of drug-likeness (QED) is 0.711. The van der Waals surface area contributed by atoms with E-state index < -0.39 is 0 Å². The fourth-order valence-corrected chi connectivity index (χ4v) is 1.77. The molecule has 0 unspecified atom stereocenters. The molecule has 0 aliphatic carbocycles. The van der Waals surface area contributed by atoms with Crippen LogP contribution in [0.1, 0.15) is 0 Å². The Morgan fingerprint density at radius 3 is 2.84 bits per heavy atom. The number of aromatic nitrogens is 5. The molecule has 0 N–H and O–H groups in total. The lowest BCUT2D eigenvalue weighted by molar-refractivity contribution is 0.399. The van der Waals surface area contributed by atoms with Crippen LogP contribution in [0.2, 0.25) is 0 Å². The van der Waals surface area contributed by atoms with Crippen molar-refractivity contribution >= 4 is 0 Å². The zero-order valence-corrected chi connectivity index (χ0v) is 10.3. The molecule has 0 radical (unpaired) electrons. The molecule has 0 aliphatic heterocycles. The van der Waals surface area contributed by atoms with E-state index in [1.807, 2.05) is 30.5 Å². The van der Waals surface area contributed by atoms with Crippen molar-refractivity contribution in [2.24, 2.45) is 0 Å². The van der Waals surface area contributed by atoms with E-state index in [1.165, 1.54) is 6.33 Å². The highest BCUT2D eigenvalue weighted by Crippen LogP contribution is 2.26. The molecule has 6 nitrogen and oxygen atoms in total. The van der Waals surface area contributed by atoms with Crippen LogP contribution in [0.25, 0.3) is 17.1 Å². The van der Waals surface area contributed by atoms with Crippen LogP contribution < -0.4 is 4.74 Å². The molecule has 0 spiro atoms. The standard InChI is InChI=1S/C13H11N5O/c1-19-13-10(4-2-5-14-13)11-8-12(16-9-15-11)18-7-3-6-17-18/h2-9H,1H3. The number of methoxy groups -OCH3 is 1. The van der Waals surface area contributed by atoms with Crippen molar-refractivity contribution in [1.29, 1.82) is 0 Å². The second-order valence-electron chi connectivity index (χ2n) is 3.77. The van der Waals surface area contributed by atoms with Crippen molar-refractivity contribution in [2.75, 3.05) is 7.11 Å². The lowest BCUT2D eigenvalue weighted by Gasteiger charge is -2.07. The van der Waals surface area contributed by atoms with Gasteiger partial charge in [0.15, 0.2) is 5.82 Å². The fraction of sp³-hybridized carbons (Fsp3) is 0.0769. The maximum absolute atomic E-state index is 5.24. The Hall–Kier alpha value is -2.76. The Bertz CT molecular complexity index is 681. The van der Waals surface area contributed by atoms with Crippen molar-refractivity contribution in [3.8, 4) is 23.0 Å². The first-order valence-electron chi connectivity index (χ1n) is 5.70. The van der Waals surface area contributed by atoms with Crippen molar-refractivity contribution in [1.82, 2.24) is 24.7 Å². The molecular formula is C13H11N5O. The van der Waals surface area contributed by atoms with Gasteiger partial charge in [0.05, 0.1) is 18.4 Å². The normalized spacial score (nSPS) is 10.4. The summed E-state index contributed by atoms with van der Waals surface area (Å²) in [5.74, 6) is 1.23. The van der Waals surface area contributed by atoms with E-state index in [4.69, 9.17) is 4.74 Å². The van der Waals surface area contributed by atoms with E-state index in [0.29, 0.717) is 11.7 Å². The van der Waals surface area contributed by atoms with Gasteiger partial charge in [-0.25, -0.2) is 19.6 Å². The predicted octanol–water partition coefficient (Wildman–Crippen LogP) is 1.73. The minimum Gasteiger partial charge on any atom is -0.481 e. The monoisotopic (exact) mass is 253 g/mol. The van der Waals surface area contributed by atoms with Gasteiger partial charge in [0, 0.05) is 24.7 Å². The smallest absolute Gasteiger partial charge is 0.222 e. The number of hydrogen-bond donors (Lipinski definition) is 0. The summed E-state index contributed by atoms with van der Waals surface area (Å²) in [7, 11) is 1.58. The molecule has 0 aliphatic rings. The van der Waals surface area contributed by atoms with Gasteiger partial charge in [-0.3, -0.25) is 0 Å². The SMILES string of the molecule is COc1ncccc1-c1cc(-n2cccn2)ncn1. The van der Waals surface area contributed by atoms with Gasteiger partial charge in [-0.2, -0.15) is 5.10 Å². The summed E-state index contributed by atoms with van der Waals surface area (Å²) in [5, 5.41) is 4.14. The molecule has 0 bridgehead atoms. The first-order chi connectivity index (χ1) is 9.38. The van der Waals surface area contributed by atoms with E-state index in [9.17, 15) is 0 Å². The van der Waals surface area contributed by atoms with Gasteiger partial charge in [-0.15, -0.1) is 0 Å². The highest BCUT2D eigenvalue weighted by atomic mass is 16.5. The summed E-state index contributed by atoms with van der Waals surface area (Å²) in [6.07, 6.45) is 6.70. The molecule has 0 amide bonds. The Labute approximate surface area is 109 Å². The number of ether oxygens (including phenoxy) is 1. The van der Waals surface area contributed by atoms with E-state index >= 15 is 0 Å². The van der Waals surface area contributed by atoms with Crippen molar-refractivity contribution < 1.29 is 4.74 Å². The largest absolute Gasteiger partial charge is 0.481 e. The van der Waals surface area contributed by atoms with Gasteiger partial charge in [0.2, 0.25) is 5.88 Å². The van der Waals surface area contributed by atoms with Crippen LogP contribution in [0.3, 0.4) is 0 Å². The highest BCUT2D eigenvalue weighted by Gasteiger charge is 2.09. The maximum atomic E-state index is 5.24. The molecule has 0 saturated carbocycles. The zero-order chi connectivity index (χ0) is 13.1. The summed E-state index contributed by atoms with van der Waals surface area (Å²) in [5.41, 5.74) is 1.56. The average molecular weight is 253 g/mol. The summed E-state index contributed by atoms with van der Waals surface area (Å²) in [4.78, 5) is 12.6. The van der Waals surface area contributed by atoms with Gasteiger partial charge in [0.25, 0.3) is 0 Å². The van der Waals surface area contributed by atoms with Crippen LogP contribution in [-0.4, -0.2) is 31.8 Å². The average Bonchev–Trinajstić information content (AvgIpc) is 3.01. The molecule has 94 valence electrons. The molecule has 0 aromatic carbocycles. The Morgan fingerprint density at radius 2 is 2.05 bits per heavy atom. The predicted molar refractivity (Wildman–Crippen MR) is 68.9 cm³/mol. The first kappa shape index (κ1) is 11.3. The molecule has 0 saturated heterocycles. The van der Waals surface area contributed by atoms with E-state index in [0.717, 1.165) is 11.3 Å². The third-order valence-corrected chi connectivity index (χ3v) is 2.63. The summed E-state index contributed by atoms with van der Waals surface area (Å²) in [6.45, 7) is 0. The number of hydrogen-bond acceptors (Lipinski definition) is 5. The molecule has 6 heteroatoms. The Balaban J connectivity index is 2.09. The van der Waals surface area contributed by atoms with Gasteiger partial charge < -0.3 is 4.74 Å². The molecule has 19 heavy (non-hydrogen) atoms. The van der Waals surface area contributed by atoms with Crippen molar-refractivity contribution in [2.45, 2.75) is 0 Å². The van der Waals surface area contributed by atoms with E-state index in [1.54, 1.807) is 24.2 Å². The fourth-order valence-electron chi connectivity index (χ4n) is 1.77. The molecular weight excluding hydrogens is 242 g/mol. The number of nitrogens with zero attached hydrogens (tertiary/aromatic N) is 5. The van der Waals surface area contributed by atoms with Crippen molar-refractivity contribution in [3.63, 3.8) is 0 Å². The van der Waals surface area contributed by atoms with Crippen LogP contribution in [0, 0.1) is 0 Å². The summed E-state index contributed by atoms with van der Waals surface area (Å²) >= 11 is 0. The van der Waals surface area contributed by atoms with Crippen LogP contribution in [0.4, 0.5) is 0 Å². The maximum Gasteiger partial charge on any atom is 0.222 e. The van der Waals surface area contributed by atoms with Crippen LogP contribution in [0.15, 0.2) is 49.2 Å². The van der Waals surface area contributed by atoms with Crippen molar-refractivity contribution in [3.05, 3.63) is 49.2 Å². The second-order valence-corrected chi connectivity index (χ2v) is 3.77. The summed E-state index contributed by atoms with van der Waals surface area (Å²) < 4.78 is 6.91. The van der Waals surface area contributed by atoms with Crippen LogP contribution >= 0.6 is 0 Å². The van der Waals surface area contributed by atoms with Gasteiger partial charge in [0.1, 0.15) is 6.33 Å².